The number of aromatic amines is 1. The molecule has 2 heterocycles. The van der Waals surface area contributed by atoms with Gasteiger partial charge in [-0.05, 0) is 12.0 Å². The number of H-pyrrole nitrogens is 1. The first-order valence-corrected chi connectivity index (χ1v) is 4.30. The molecule has 0 unspecified atom stereocenters. The predicted octanol–water partition coefficient (Wildman–Crippen LogP) is 2.83. The van der Waals surface area contributed by atoms with Crippen LogP contribution in [0.4, 0.5) is 4.39 Å². The van der Waals surface area contributed by atoms with Crippen molar-refractivity contribution in [3.8, 4) is 0 Å². The van der Waals surface area contributed by atoms with Crippen LogP contribution in [-0.2, 0) is 0 Å². The third-order valence-electron chi connectivity index (χ3n) is 2.13. The lowest BCUT2D eigenvalue weighted by atomic mass is 10.1. The Balaban J connectivity index is 2.68. The Kier molecular flexibility index (Phi) is 1.79. The first kappa shape index (κ1) is 8.23. The van der Waals surface area contributed by atoms with Crippen molar-refractivity contribution in [2.24, 2.45) is 0 Å². The summed E-state index contributed by atoms with van der Waals surface area (Å²) in [7, 11) is 0. The maximum absolute atomic E-state index is 13.2. The highest BCUT2D eigenvalue weighted by Gasteiger charge is 2.07. The first-order valence-electron chi connectivity index (χ1n) is 4.30. The monoisotopic (exact) mass is 178 g/mol. The van der Waals surface area contributed by atoms with E-state index < -0.39 is 0 Å². The normalized spacial score (nSPS) is 11.4. The molecule has 0 radical (unpaired) electrons. The van der Waals surface area contributed by atoms with Crippen molar-refractivity contribution < 1.29 is 4.39 Å². The molecule has 68 valence electrons. The second-order valence-corrected chi connectivity index (χ2v) is 3.46. The number of halogens is 1. The van der Waals surface area contributed by atoms with Crippen LogP contribution in [-0.4, -0.2) is 9.97 Å². The minimum Gasteiger partial charge on any atom is -0.356 e. The summed E-state index contributed by atoms with van der Waals surface area (Å²) in [5.74, 6) is 0.0937. The molecule has 0 bridgehead atoms. The molecular formula is C10H11FN2. The molecule has 0 saturated heterocycles. The molecule has 0 aliphatic heterocycles. The third kappa shape index (κ3) is 1.30. The average Bonchev–Trinajstić information content (AvgIpc) is 2.49. The Hall–Kier alpha value is -1.38. The second-order valence-electron chi connectivity index (χ2n) is 3.46. The van der Waals surface area contributed by atoms with Gasteiger partial charge in [0, 0.05) is 17.3 Å². The van der Waals surface area contributed by atoms with Crippen LogP contribution in [0.1, 0.15) is 25.5 Å². The number of hydrogen-bond donors (Lipinski definition) is 1. The Morgan fingerprint density at radius 2 is 2.15 bits per heavy atom. The highest BCUT2D eigenvalue weighted by Crippen LogP contribution is 2.21. The van der Waals surface area contributed by atoms with Crippen LogP contribution in [0.25, 0.3) is 10.9 Å². The van der Waals surface area contributed by atoms with Gasteiger partial charge in [0.05, 0.1) is 11.7 Å². The van der Waals surface area contributed by atoms with E-state index in [9.17, 15) is 4.39 Å². The molecule has 0 spiro atoms. The van der Waals surface area contributed by atoms with Crippen molar-refractivity contribution in [3.63, 3.8) is 0 Å². The van der Waals surface area contributed by atoms with Crippen molar-refractivity contribution in [1.29, 1.82) is 0 Å². The SMILES string of the molecule is CC(C)c1cc2cncc(F)c2[nH]1. The summed E-state index contributed by atoms with van der Waals surface area (Å²) in [4.78, 5) is 6.84. The lowest BCUT2D eigenvalue weighted by molar-refractivity contribution is 0.631. The van der Waals surface area contributed by atoms with Gasteiger partial charge in [-0.1, -0.05) is 13.8 Å². The maximum Gasteiger partial charge on any atom is 0.165 e. The van der Waals surface area contributed by atoms with E-state index in [1.165, 1.54) is 6.20 Å². The van der Waals surface area contributed by atoms with Crippen LogP contribution in [0.15, 0.2) is 18.5 Å². The van der Waals surface area contributed by atoms with Crippen molar-refractivity contribution in [2.45, 2.75) is 19.8 Å². The molecule has 2 aromatic rings. The minimum atomic E-state index is -0.288. The average molecular weight is 178 g/mol. The van der Waals surface area contributed by atoms with Gasteiger partial charge < -0.3 is 4.98 Å². The van der Waals surface area contributed by atoms with Gasteiger partial charge in [0.25, 0.3) is 0 Å². The van der Waals surface area contributed by atoms with Crippen molar-refractivity contribution in [3.05, 3.63) is 30.0 Å². The zero-order valence-corrected chi connectivity index (χ0v) is 7.63. The zero-order valence-electron chi connectivity index (χ0n) is 7.63. The van der Waals surface area contributed by atoms with Gasteiger partial charge in [-0.15, -0.1) is 0 Å². The molecule has 3 heteroatoms. The lowest BCUT2D eigenvalue weighted by Crippen LogP contribution is -1.85. The van der Waals surface area contributed by atoms with Crippen LogP contribution in [0, 0.1) is 5.82 Å². The molecule has 0 saturated carbocycles. The molecule has 2 aromatic heterocycles. The Morgan fingerprint density at radius 1 is 1.38 bits per heavy atom. The van der Waals surface area contributed by atoms with Gasteiger partial charge in [-0.3, -0.25) is 4.98 Å². The van der Waals surface area contributed by atoms with Crippen LogP contribution in [0.3, 0.4) is 0 Å². The first-order chi connectivity index (χ1) is 6.18. The van der Waals surface area contributed by atoms with Gasteiger partial charge in [0.15, 0.2) is 5.82 Å². The number of aromatic nitrogens is 2. The highest BCUT2D eigenvalue weighted by atomic mass is 19.1. The fourth-order valence-corrected chi connectivity index (χ4v) is 1.35. The Morgan fingerprint density at radius 3 is 2.77 bits per heavy atom. The Labute approximate surface area is 75.8 Å². The van der Waals surface area contributed by atoms with E-state index in [1.807, 2.05) is 6.07 Å². The zero-order chi connectivity index (χ0) is 9.42. The fraction of sp³-hybridized carbons (Fsp3) is 0.300. The molecule has 1 N–H and O–H groups in total. The molecule has 0 amide bonds. The topological polar surface area (TPSA) is 28.7 Å². The fourth-order valence-electron chi connectivity index (χ4n) is 1.35. The summed E-state index contributed by atoms with van der Waals surface area (Å²) >= 11 is 0. The number of fused-ring (bicyclic) bond motifs is 1. The van der Waals surface area contributed by atoms with Crippen molar-refractivity contribution in [1.82, 2.24) is 9.97 Å². The van der Waals surface area contributed by atoms with Crippen LogP contribution >= 0.6 is 0 Å². The number of rotatable bonds is 1. The van der Waals surface area contributed by atoms with Gasteiger partial charge in [0.1, 0.15) is 0 Å². The molecule has 0 aliphatic carbocycles. The summed E-state index contributed by atoms with van der Waals surface area (Å²) in [5.41, 5.74) is 1.60. The number of hydrogen-bond acceptors (Lipinski definition) is 1. The van der Waals surface area contributed by atoms with Gasteiger partial charge >= 0.3 is 0 Å². The molecule has 0 aromatic carbocycles. The largest absolute Gasteiger partial charge is 0.356 e. The van der Waals surface area contributed by atoms with E-state index in [-0.39, 0.29) is 5.82 Å². The van der Waals surface area contributed by atoms with E-state index >= 15 is 0 Å². The molecular weight excluding hydrogens is 167 g/mol. The number of nitrogens with zero attached hydrogens (tertiary/aromatic N) is 1. The van der Waals surface area contributed by atoms with Crippen LogP contribution in [0.5, 0.6) is 0 Å². The quantitative estimate of drug-likeness (QED) is 0.714. The summed E-state index contributed by atoms with van der Waals surface area (Å²) in [6.45, 7) is 4.13. The third-order valence-corrected chi connectivity index (χ3v) is 2.13. The van der Waals surface area contributed by atoms with Crippen molar-refractivity contribution in [2.75, 3.05) is 0 Å². The molecule has 2 rings (SSSR count). The maximum atomic E-state index is 13.2. The van der Waals surface area contributed by atoms with Gasteiger partial charge in [0.2, 0.25) is 0 Å². The predicted molar refractivity (Wildman–Crippen MR) is 50.1 cm³/mol. The summed E-state index contributed by atoms with van der Waals surface area (Å²) < 4.78 is 13.2. The molecule has 0 aliphatic rings. The molecule has 13 heavy (non-hydrogen) atoms. The summed E-state index contributed by atoms with van der Waals surface area (Å²) in [5, 5.41) is 0.837. The van der Waals surface area contributed by atoms with Crippen LogP contribution in [0.2, 0.25) is 0 Å². The smallest absolute Gasteiger partial charge is 0.165 e. The standard InChI is InChI=1S/C10H11FN2/c1-6(2)9-3-7-4-12-5-8(11)10(7)13-9/h3-6,13H,1-2H3. The van der Waals surface area contributed by atoms with E-state index in [4.69, 9.17) is 0 Å². The van der Waals surface area contributed by atoms with Crippen molar-refractivity contribution >= 4 is 10.9 Å². The van der Waals surface area contributed by atoms with E-state index in [2.05, 4.69) is 23.8 Å². The van der Waals surface area contributed by atoms with E-state index in [0.29, 0.717) is 11.4 Å². The molecule has 0 atom stereocenters. The van der Waals surface area contributed by atoms with E-state index in [0.717, 1.165) is 11.1 Å². The highest BCUT2D eigenvalue weighted by molar-refractivity contribution is 5.79. The lowest BCUT2D eigenvalue weighted by Gasteiger charge is -1.97. The number of pyridine rings is 1. The second kappa shape index (κ2) is 2.83. The Bertz CT molecular complexity index is 431. The summed E-state index contributed by atoms with van der Waals surface area (Å²) in [6, 6.07) is 1.94. The summed E-state index contributed by atoms with van der Waals surface area (Å²) in [6.07, 6.45) is 2.89. The number of nitrogens with one attached hydrogen (secondary N) is 1. The van der Waals surface area contributed by atoms with Gasteiger partial charge in [-0.25, -0.2) is 4.39 Å². The molecule has 2 nitrogen and oxygen atoms in total. The minimum absolute atomic E-state index is 0.288. The van der Waals surface area contributed by atoms with E-state index in [1.54, 1.807) is 6.20 Å². The van der Waals surface area contributed by atoms with Gasteiger partial charge in [-0.2, -0.15) is 0 Å². The van der Waals surface area contributed by atoms with Crippen LogP contribution < -0.4 is 0 Å². The molecule has 0 fully saturated rings.